The molecule has 0 saturated heterocycles. The maximum absolute atomic E-state index is 2.51. The van der Waals surface area contributed by atoms with Crippen LogP contribution in [-0.4, -0.2) is 0 Å². The molecule has 1 fully saturated rings. The normalized spacial score (nSPS) is 32.6. The van der Waals surface area contributed by atoms with Crippen LogP contribution in [0.15, 0.2) is 11.1 Å². The van der Waals surface area contributed by atoms with E-state index in [9.17, 15) is 0 Å². The van der Waals surface area contributed by atoms with Gasteiger partial charge in [-0.05, 0) is 49.9 Å². The molecule has 2 aliphatic rings. The van der Waals surface area contributed by atoms with Gasteiger partial charge in [-0.25, -0.2) is 0 Å². The Labute approximate surface area is 88.8 Å². The average molecular weight is 192 g/mol. The summed E-state index contributed by atoms with van der Waals surface area (Å²) in [5.74, 6) is 0.849. The van der Waals surface area contributed by atoms with Crippen molar-refractivity contribution in [2.45, 2.75) is 65.7 Å². The third-order valence-corrected chi connectivity index (χ3v) is 4.19. The first-order chi connectivity index (χ1) is 6.62. The Morgan fingerprint density at radius 3 is 2.64 bits per heavy atom. The van der Waals surface area contributed by atoms with Gasteiger partial charge in [0, 0.05) is 0 Å². The highest BCUT2D eigenvalue weighted by Gasteiger charge is 2.37. The molecule has 80 valence electrons. The van der Waals surface area contributed by atoms with Gasteiger partial charge in [-0.2, -0.15) is 0 Å². The van der Waals surface area contributed by atoms with Gasteiger partial charge in [0.05, 0.1) is 0 Å². The molecule has 0 heteroatoms. The average Bonchev–Trinajstić information content (AvgIpc) is 2.43. The smallest absolute Gasteiger partial charge is 0.0111 e. The molecule has 2 aliphatic carbocycles. The van der Waals surface area contributed by atoms with Crippen LogP contribution in [-0.2, 0) is 0 Å². The lowest BCUT2D eigenvalue weighted by Crippen LogP contribution is -2.19. The maximum atomic E-state index is 2.51. The Kier molecular flexibility index (Phi) is 2.72. The van der Waals surface area contributed by atoms with E-state index in [-0.39, 0.29) is 0 Å². The zero-order chi connectivity index (χ0) is 10.2. The van der Waals surface area contributed by atoms with Crippen molar-refractivity contribution in [2.75, 3.05) is 0 Å². The van der Waals surface area contributed by atoms with Crippen LogP contribution in [0.3, 0.4) is 0 Å². The minimum absolute atomic E-state index is 0.627. The molecule has 0 aromatic carbocycles. The molecule has 0 N–H and O–H groups in total. The quantitative estimate of drug-likeness (QED) is 0.556. The van der Waals surface area contributed by atoms with Crippen molar-refractivity contribution >= 4 is 0 Å². The molecule has 0 aromatic rings. The standard InChI is InChI=1S/C14H24/c1-11(2)10-12-7-9-14(3)8-5-4-6-13(12)14/h11H,4-10H2,1-3H3. The number of hydrogen-bond donors (Lipinski definition) is 0. The molecule has 14 heavy (non-hydrogen) atoms. The largest absolute Gasteiger partial charge is 0.0702 e. The van der Waals surface area contributed by atoms with E-state index in [2.05, 4.69) is 20.8 Å². The van der Waals surface area contributed by atoms with Crippen molar-refractivity contribution in [1.82, 2.24) is 0 Å². The van der Waals surface area contributed by atoms with Crippen molar-refractivity contribution in [3.8, 4) is 0 Å². The second-order valence-electron chi connectivity index (χ2n) is 5.95. The summed E-state index contributed by atoms with van der Waals surface area (Å²) in [5, 5.41) is 0. The molecule has 0 spiro atoms. The Bertz CT molecular complexity index is 247. The van der Waals surface area contributed by atoms with Crippen LogP contribution in [0.25, 0.3) is 0 Å². The van der Waals surface area contributed by atoms with Crippen LogP contribution >= 0.6 is 0 Å². The van der Waals surface area contributed by atoms with Gasteiger partial charge < -0.3 is 0 Å². The summed E-state index contributed by atoms with van der Waals surface area (Å²) in [4.78, 5) is 0. The molecular weight excluding hydrogens is 168 g/mol. The summed E-state index contributed by atoms with van der Waals surface area (Å²) in [6, 6.07) is 0. The van der Waals surface area contributed by atoms with Crippen LogP contribution in [0.1, 0.15) is 65.7 Å². The van der Waals surface area contributed by atoms with Crippen LogP contribution < -0.4 is 0 Å². The lowest BCUT2D eigenvalue weighted by Gasteiger charge is -2.33. The molecule has 2 rings (SSSR count). The first-order valence-electron chi connectivity index (χ1n) is 6.33. The third kappa shape index (κ3) is 1.76. The fourth-order valence-corrected chi connectivity index (χ4v) is 3.44. The summed E-state index contributed by atoms with van der Waals surface area (Å²) >= 11 is 0. The maximum Gasteiger partial charge on any atom is -0.0111 e. The fraction of sp³-hybridized carbons (Fsp3) is 0.857. The van der Waals surface area contributed by atoms with Gasteiger partial charge in [0.25, 0.3) is 0 Å². The number of fused-ring (bicyclic) bond motifs is 1. The molecule has 0 heterocycles. The van der Waals surface area contributed by atoms with E-state index in [1.54, 1.807) is 0 Å². The van der Waals surface area contributed by atoms with Gasteiger partial charge in [0.1, 0.15) is 0 Å². The van der Waals surface area contributed by atoms with Crippen molar-refractivity contribution in [3.63, 3.8) is 0 Å². The molecule has 1 unspecified atom stereocenters. The Hall–Kier alpha value is -0.260. The van der Waals surface area contributed by atoms with Gasteiger partial charge in [-0.3, -0.25) is 0 Å². The van der Waals surface area contributed by atoms with Crippen LogP contribution in [0, 0.1) is 11.3 Å². The van der Waals surface area contributed by atoms with E-state index in [1.807, 2.05) is 11.1 Å². The molecule has 0 bridgehead atoms. The minimum Gasteiger partial charge on any atom is -0.0702 e. The van der Waals surface area contributed by atoms with Crippen LogP contribution in [0.5, 0.6) is 0 Å². The predicted octanol–water partition coefficient (Wildman–Crippen LogP) is 4.70. The van der Waals surface area contributed by atoms with Crippen LogP contribution in [0.2, 0.25) is 0 Å². The molecule has 0 aliphatic heterocycles. The van der Waals surface area contributed by atoms with Gasteiger partial charge >= 0.3 is 0 Å². The lowest BCUT2D eigenvalue weighted by molar-refractivity contribution is 0.305. The number of hydrogen-bond acceptors (Lipinski definition) is 0. The summed E-state index contributed by atoms with van der Waals surface area (Å²) in [6.45, 7) is 7.22. The van der Waals surface area contributed by atoms with Crippen molar-refractivity contribution in [2.24, 2.45) is 11.3 Å². The molecule has 0 nitrogen and oxygen atoms in total. The van der Waals surface area contributed by atoms with Gasteiger partial charge in [-0.15, -0.1) is 0 Å². The highest BCUT2D eigenvalue weighted by molar-refractivity contribution is 5.29. The second-order valence-corrected chi connectivity index (χ2v) is 5.95. The summed E-state index contributed by atoms with van der Waals surface area (Å²) in [5.41, 5.74) is 4.34. The number of rotatable bonds is 2. The SMILES string of the molecule is CC(C)CC1=C2CCCCC2(C)CC1. The highest BCUT2D eigenvalue weighted by atomic mass is 14.4. The second kappa shape index (κ2) is 3.72. The summed E-state index contributed by atoms with van der Waals surface area (Å²) < 4.78 is 0. The number of allylic oxidation sites excluding steroid dienone is 2. The van der Waals surface area contributed by atoms with E-state index in [0.29, 0.717) is 5.41 Å². The topological polar surface area (TPSA) is 0 Å². The van der Waals surface area contributed by atoms with Gasteiger partial charge in [-0.1, -0.05) is 38.3 Å². The Balaban J connectivity index is 2.18. The predicted molar refractivity (Wildman–Crippen MR) is 62.3 cm³/mol. The Morgan fingerprint density at radius 1 is 1.14 bits per heavy atom. The molecule has 0 amide bonds. The molecular formula is C14H24. The zero-order valence-electron chi connectivity index (χ0n) is 10.0. The van der Waals surface area contributed by atoms with Crippen molar-refractivity contribution < 1.29 is 0 Å². The van der Waals surface area contributed by atoms with E-state index in [4.69, 9.17) is 0 Å². The van der Waals surface area contributed by atoms with E-state index >= 15 is 0 Å². The van der Waals surface area contributed by atoms with Crippen molar-refractivity contribution in [1.29, 1.82) is 0 Å². The fourth-order valence-electron chi connectivity index (χ4n) is 3.44. The van der Waals surface area contributed by atoms with Crippen molar-refractivity contribution in [3.05, 3.63) is 11.1 Å². The first kappa shape index (κ1) is 10.3. The molecule has 0 aromatic heterocycles. The summed E-state index contributed by atoms with van der Waals surface area (Å²) in [6.07, 6.45) is 10.0. The third-order valence-electron chi connectivity index (χ3n) is 4.19. The molecule has 0 radical (unpaired) electrons. The zero-order valence-corrected chi connectivity index (χ0v) is 10.0. The summed E-state index contributed by atoms with van der Waals surface area (Å²) in [7, 11) is 0. The van der Waals surface area contributed by atoms with Gasteiger partial charge in [0.15, 0.2) is 0 Å². The van der Waals surface area contributed by atoms with E-state index in [1.165, 1.54) is 44.9 Å². The first-order valence-corrected chi connectivity index (χ1v) is 6.33. The minimum atomic E-state index is 0.627. The monoisotopic (exact) mass is 192 g/mol. The highest BCUT2D eigenvalue weighted by Crippen LogP contribution is 2.52. The van der Waals surface area contributed by atoms with Gasteiger partial charge in [0.2, 0.25) is 0 Å². The van der Waals surface area contributed by atoms with E-state index in [0.717, 1.165) is 5.92 Å². The van der Waals surface area contributed by atoms with E-state index < -0.39 is 0 Å². The molecule has 1 saturated carbocycles. The molecule has 1 atom stereocenters. The Morgan fingerprint density at radius 2 is 1.93 bits per heavy atom. The van der Waals surface area contributed by atoms with Crippen LogP contribution in [0.4, 0.5) is 0 Å². The lowest BCUT2D eigenvalue weighted by atomic mass is 9.72.